The topological polar surface area (TPSA) is 89.7 Å². The van der Waals surface area contributed by atoms with Crippen molar-refractivity contribution in [1.82, 2.24) is 25.6 Å². The molecule has 0 bridgehead atoms. The average molecular weight is 425 g/mol. The smallest absolute Gasteiger partial charge is 0.226 e. The van der Waals surface area contributed by atoms with Crippen molar-refractivity contribution < 1.29 is 9.15 Å². The molecule has 32 heavy (non-hydrogen) atoms. The number of ether oxygens (including phenoxy) is 1. The van der Waals surface area contributed by atoms with Crippen LogP contribution in [0.5, 0.6) is 5.75 Å². The van der Waals surface area contributed by atoms with Crippen LogP contribution in [-0.4, -0.2) is 25.6 Å². The predicted molar refractivity (Wildman–Crippen MR) is 121 cm³/mol. The SMILES string of the molecule is Cc1oc(-c2ccc3ccccc3c2)nc1COc1ccc(CCCc2nn[nH]n2)cc1. The summed E-state index contributed by atoms with van der Waals surface area (Å²) in [5.41, 5.74) is 3.01. The summed E-state index contributed by atoms with van der Waals surface area (Å²) in [6.07, 6.45) is 2.72. The van der Waals surface area contributed by atoms with E-state index in [0.29, 0.717) is 12.5 Å². The number of H-pyrrole nitrogens is 1. The van der Waals surface area contributed by atoms with Crippen LogP contribution in [0, 0.1) is 6.92 Å². The molecule has 0 atom stereocenters. The fourth-order valence-corrected chi connectivity index (χ4v) is 3.65. The first kappa shape index (κ1) is 19.9. The Morgan fingerprint density at radius 2 is 1.78 bits per heavy atom. The van der Waals surface area contributed by atoms with Crippen molar-refractivity contribution in [2.24, 2.45) is 0 Å². The minimum Gasteiger partial charge on any atom is -0.487 e. The number of rotatable bonds is 8. The van der Waals surface area contributed by atoms with Crippen LogP contribution in [-0.2, 0) is 19.4 Å². The first-order valence-corrected chi connectivity index (χ1v) is 10.6. The number of hydrogen-bond acceptors (Lipinski definition) is 6. The van der Waals surface area contributed by atoms with Gasteiger partial charge in [0.25, 0.3) is 0 Å². The summed E-state index contributed by atoms with van der Waals surface area (Å²) < 4.78 is 11.9. The van der Waals surface area contributed by atoms with E-state index in [9.17, 15) is 0 Å². The van der Waals surface area contributed by atoms with Gasteiger partial charge in [0.05, 0.1) is 0 Å². The van der Waals surface area contributed by atoms with Crippen LogP contribution in [0.4, 0.5) is 0 Å². The van der Waals surface area contributed by atoms with Gasteiger partial charge >= 0.3 is 0 Å². The number of benzene rings is 3. The van der Waals surface area contributed by atoms with Gasteiger partial charge in [-0.1, -0.05) is 47.7 Å². The van der Waals surface area contributed by atoms with Crippen LogP contribution < -0.4 is 4.74 Å². The van der Waals surface area contributed by atoms with Crippen LogP contribution >= 0.6 is 0 Å². The van der Waals surface area contributed by atoms with Gasteiger partial charge in [-0.2, -0.15) is 5.21 Å². The van der Waals surface area contributed by atoms with Crippen LogP contribution in [0.15, 0.2) is 71.1 Å². The van der Waals surface area contributed by atoms with Gasteiger partial charge in [0.2, 0.25) is 5.89 Å². The van der Waals surface area contributed by atoms with Crippen LogP contribution in [0.1, 0.15) is 29.3 Å². The lowest BCUT2D eigenvalue weighted by Gasteiger charge is -2.06. The maximum atomic E-state index is 5.96. The second-order valence-corrected chi connectivity index (χ2v) is 7.70. The number of aryl methyl sites for hydroxylation is 3. The highest BCUT2D eigenvalue weighted by molar-refractivity contribution is 5.86. The first-order chi connectivity index (χ1) is 15.7. The molecule has 5 aromatic rings. The third kappa shape index (κ3) is 4.51. The molecule has 3 aromatic carbocycles. The molecule has 5 rings (SSSR count). The van der Waals surface area contributed by atoms with Crippen molar-refractivity contribution in [1.29, 1.82) is 0 Å². The number of nitrogens with zero attached hydrogens (tertiary/aromatic N) is 4. The van der Waals surface area contributed by atoms with Crippen molar-refractivity contribution in [3.8, 4) is 17.2 Å². The molecule has 0 unspecified atom stereocenters. The quantitative estimate of drug-likeness (QED) is 0.373. The van der Waals surface area contributed by atoms with Crippen LogP contribution in [0.2, 0.25) is 0 Å². The van der Waals surface area contributed by atoms with E-state index in [1.165, 1.54) is 10.9 Å². The van der Waals surface area contributed by atoms with E-state index in [-0.39, 0.29) is 0 Å². The zero-order chi connectivity index (χ0) is 21.8. The zero-order valence-corrected chi connectivity index (χ0v) is 17.8. The average Bonchev–Trinajstić information content (AvgIpc) is 3.48. The Labute approximate surface area is 185 Å². The van der Waals surface area contributed by atoms with Crippen molar-refractivity contribution in [2.45, 2.75) is 32.8 Å². The molecule has 0 amide bonds. The Hall–Kier alpha value is -4.00. The minimum absolute atomic E-state index is 0.361. The summed E-state index contributed by atoms with van der Waals surface area (Å²) in [5, 5.41) is 16.4. The van der Waals surface area contributed by atoms with Gasteiger partial charge in [0.15, 0.2) is 5.82 Å². The Bertz CT molecular complexity index is 1310. The number of aromatic nitrogens is 5. The van der Waals surface area contributed by atoms with E-state index in [2.05, 4.69) is 62.0 Å². The number of tetrazole rings is 1. The first-order valence-electron chi connectivity index (χ1n) is 10.6. The molecule has 1 N–H and O–H groups in total. The highest BCUT2D eigenvalue weighted by Crippen LogP contribution is 2.26. The molecular formula is C25H23N5O2. The minimum atomic E-state index is 0.361. The predicted octanol–water partition coefficient (Wildman–Crippen LogP) is 5.07. The third-order valence-electron chi connectivity index (χ3n) is 5.44. The highest BCUT2D eigenvalue weighted by Gasteiger charge is 2.12. The summed E-state index contributed by atoms with van der Waals surface area (Å²) in [6, 6.07) is 22.6. The normalized spacial score (nSPS) is 11.2. The maximum Gasteiger partial charge on any atom is 0.226 e. The number of oxazole rings is 1. The lowest BCUT2D eigenvalue weighted by atomic mass is 10.1. The highest BCUT2D eigenvalue weighted by atomic mass is 16.5. The van der Waals surface area contributed by atoms with Gasteiger partial charge in [-0.05, 0) is 60.4 Å². The molecule has 0 aliphatic heterocycles. The van der Waals surface area contributed by atoms with Crippen LogP contribution in [0.3, 0.4) is 0 Å². The molecule has 0 radical (unpaired) electrons. The van der Waals surface area contributed by atoms with Gasteiger partial charge in [-0.3, -0.25) is 0 Å². The van der Waals surface area contributed by atoms with E-state index in [4.69, 9.17) is 9.15 Å². The standard InChI is InChI=1S/C25H23N5O2/c1-17-23(26-25(32-17)21-12-11-19-6-2-3-7-20(19)15-21)16-31-22-13-9-18(10-14-22)5-4-8-24-27-29-30-28-24/h2-3,6-7,9-15H,4-5,8,16H2,1H3,(H,27,28,29,30). The van der Waals surface area contributed by atoms with E-state index < -0.39 is 0 Å². The molecule has 7 nitrogen and oxygen atoms in total. The fourth-order valence-electron chi connectivity index (χ4n) is 3.65. The lowest BCUT2D eigenvalue weighted by molar-refractivity contribution is 0.299. The van der Waals surface area contributed by atoms with Crippen molar-refractivity contribution in [3.05, 3.63) is 89.6 Å². The molecule has 2 aromatic heterocycles. The molecule has 0 aliphatic carbocycles. The molecule has 7 heteroatoms. The summed E-state index contributed by atoms with van der Waals surface area (Å²) in [7, 11) is 0. The number of hydrogen-bond donors (Lipinski definition) is 1. The van der Waals surface area contributed by atoms with Gasteiger partial charge in [0, 0.05) is 12.0 Å². The number of fused-ring (bicyclic) bond motifs is 1. The molecule has 0 saturated carbocycles. The van der Waals surface area contributed by atoms with Gasteiger partial charge < -0.3 is 9.15 Å². The van der Waals surface area contributed by atoms with Crippen molar-refractivity contribution in [3.63, 3.8) is 0 Å². The number of aromatic amines is 1. The second kappa shape index (κ2) is 9.01. The summed E-state index contributed by atoms with van der Waals surface area (Å²) in [4.78, 5) is 4.67. The largest absolute Gasteiger partial charge is 0.487 e. The third-order valence-corrected chi connectivity index (χ3v) is 5.44. The summed E-state index contributed by atoms with van der Waals surface area (Å²) >= 11 is 0. The molecule has 0 fully saturated rings. The lowest BCUT2D eigenvalue weighted by Crippen LogP contribution is -1.98. The Balaban J connectivity index is 1.20. The van der Waals surface area contributed by atoms with Crippen molar-refractivity contribution in [2.75, 3.05) is 0 Å². The van der Waals surface area contributed by atoms with Gasteiger partial charge in [-0.15, -0.1) is 10.2 Å². The molecule has 0 spiro atoms. The monoisotopic (exact) mass is 425 g/mol. The summed E-state index contributed by atoms with van der Waals surface area (Å²) in [6.45, 7) is 2.28. The van der Waals surface area contributed by atoms with E-state index in [1.54, 1.807) is 0 Å². The van der Waals surface area contributed by atoms with Gasteiger partial charge in [-0.25, -0.2) is 4.98 Å². The van der Waals surface area contributed by atoms with Gasteiger partial charge in [0.1, 0.15) is 23.8 Å². The zero-order valence-electron chi connectivity index (χ0n) is 17.8. The van der Waals surface area contributed by atoms with E-state index in [1.807, 2.05) is 37.3 Å². The van der Waals surface area contributed by atoms with Crippen LogP contribution in [0.25, 0.3) is 22.2 Å². The van der Waals surface area contributed by atoms with E-state index in [0.717, 1.165) is 53.2 Å². The second-order valence-electron chi connectivity index (χ2n) is 7.70. The molecule has 0 saturated heterocycles. The molecular weight excluding hydrogens is 402 g/mol. The fraction of sp³-hybridized carbons (Fsp3) is 0.200. The Kier molecular flexibility index (Phi) is 5.61. The molecule has 0 aliphatic rings. The summed E-state index contributed by atoms with van der Waals surface area (Å²) in [5.74, 6) is 2.94. The Morgan fingerprint density at radius 1 is 0.938 bits per heavy atom. The van der Waals surface area contributed by atoms with Crippen molar-refractivity contribution >= 4 is 10.8 Å². The van der Waals surface area contributed by atoms with E-state index >= 15 is 0 Å². The molecule has 160 valence electrons. The maximum absolute atomic E-state index is 5.96. The Morgan fingerprint density at radius 3 is 2.59 bits per heavy atom. The number of nitrogens with one attached hydrogen (secondary N) is 1. The molecule has 2 heterocycles.